The Kier molecular flexibility index (Phi) is 4.95. The third kappa shape index (κ3) is 2.83. The van der Waals surface area contributed by atoms with Crippen molar-refractivity contribution in [2.24, 2.45) is 0 Å². The number of hydrogen-bond acceptors (Lipinski definition) is 0. The Labute approximate surface area is 70.8 Å². The zero-order valence-electron chi connectivity index (χ0n) is 6.10. The molecule has 0 radical (unpaired) electrons. The molecule has 10 heavy (non-hydrogen) atoms. The van der Waals surface area contributed by atoms with Crippen molar-refractivity contribution in [1.82, 2.24) is 0 Å². The number of hydrogen-bond donors (Lipinski definition) is 0. The van der Waals surface area contributed by atoms with Crippen molar-refractivity contribution in [2.75, 3.05) is 0 Å². The second-order valence-electron chi connectivity index (χ2n) is 1.71. The van der Waals surface area contributed by atoms with Gasteiger partial charge in [0, 0.05) is 4.48 Å². The molecule has 0 spiro atoms. The van der Waals surface area contributed by atoms with Gasteiger partial charge in [-0.3, -0.25) is 0 Å². The molecule has 0 aromatic heterocycles. The van der Waals surface area contributed by atoms with E-state index in [1.165, 1.54) is 0 Å². The van der Waals surface area contributed by atoms with Crippen molar-refractivity contribution in [2.45, 2.75) is 6.92 Å². The van der Waals surface area contributed by atoms with E-state index < -0.39 is 0 Å². The molecule has 0 aromatic carbocycles. The van der Waals surface area contributed by atoms with E-state index >= 15 is 0 Å². The van der Waals surface area contributed by atoms with E-state index in [2.05, 4.69) is 29.1 Å². The molecule has 0 saturated heterocycles. The van der Waals surface area contributed by atoms with Crippen molar-refractivity contribution < 1.29 is 0 Å². The monoisotopic (exact) mass is 198 g/mol. The van der Waals surface area contributed by atoms with Crippen LogP contribution in [-0.4, -0.2) is 0 Å². The predicted octanol–water partition coefficient (Wildman–Crippen LogP) is 3.58. The molecule has 0 nitrogen and oxygen atoms in total. The lowest BCUT2D eigenvalue weighted by Crippen LogP contribution is -1.72. The summed E-state index contributed by atoms with van der Waals surface area (Å²) in [6.07, 6.45) is 7.46. The Hall–Kier alpha value is -0.560. The van der Waals surface area contributed by atoms with Gasteiger partial charge < -0.3 is 0 Å². The van der Waals surface area contributed by atoms with Crippen molar-refractivity contribution in [3.63, 3.8) is 0 Å². The molecular formula is C9H11Br. The summed E-state index contributed by atoms with van der Waals surface area (Å²) in [5.41, 5.74) is 1.05. The third-order valence-corrected chi connectivity index (χ3v) is 1.80. The van der Waals surface area contributed by atoms with Crippen molar-refractivity contribution in [3.05, 3.63) is 47.5 Å². The van der Waals surface area contributed by atoms with Crippen LogP contribution in [0.1, 0.15) is 6.92 Å². The molecular weight excluding hydrogens is 188 g/mol. The second kappa shape index (κ2) is 5.24. The van der Waals surface area contributed by atoms with Crippen LogP contribution in [0, 0.1) is 0 Å². The van der Waals surface area contributed by atoms with Gasteiger partial charge in [0.1, 0.15) is 0 Å². The lowest BCUT2D eigenvalue weighted by molar-refractivity contribution is 1.63. The Morgan fingerprint density at radius 1 is 1.30 bits per heavy atom. The molecule has 0 saturated carbocycles. The van der Waals surface area contributed by atoms with Crippen LogP contribution in [0.2, 0.25) is 0 Å². The van der Waals surface area contributed by atoms with E-state index in [1.807, 2.05) is 19.1 Å². The summed E-state index contributed by atoms with van der Waals surface area (Å²) >= 11 is 3.34. The summed E-state index contributed by atoms with van der Waals surface area (Å²) in [4.78, 5) is 0. The van der Waals surface area contributed by atoms with E-state index in [1.54, 1.807) is 12.2 Å². The molecule has 0 aliphatic carbocycles. The van der Waals surface area contributed by atoms with Gasteiger partial charge in [0.25, 0.3) is 0 Å². The van der Waals surface area contributed by atoms with E-state index in [9.17, 15) is 0 Å². The van der Waals surface area contributed by atoms with Crippen LogP contribution in [0.3, 0.4) is 0 Å². The average molecular weight is 199 g/mol. The lowest BCUT2D eigenvalue weighted by atomic mass is 10.2. The smallest absolute Gasteiger partial charge is 0.0241 e. The van der Waals surface area contributed by atoms with Crippen molar-refractivity contribution in [1.29, 1.82) is 0 Å². The van der Waals surface area contributed by atoms with Gasteiger partial charge in [-0.05, 0) is 12.5 Å². The second-order valence-corrected chi connectivity index (χ2v) is 2.57. The maximum absolute atomic E-state index is 3.66. The van der Waals surface area contributed by atoms with E-state index in [0.717, 1.165) is 10.1 Å². The molecule has 0 bridgehead atoms. The SMILES string of the molecule is C=C/C(Br)=C(C=C)/C=C/C. The van der Waals surface area contributed by atoms with E-state index in [-0.39, 0.29) is 0 Å². The topological polar surface area (TPSA) is 0 Å². The van der Waals surface area contributed by atoms with Gasteiger partial charge in [-0.15, -0.1) is 0 Å². The first-order valence-electron chi connectivity index (χ1n) is 3.03. The van der Waals surface area contributed by atoms with Crippen LogP contribution in [0.4, 0.5) is 0 Å². The summed E-state index contributed by atoms with van der Waals surface area (Å²) < 4.78 is 0.973. The highest BCUT2D eigenvalue weighted by Crippen LogP contribution is 2.14. The molecule has 0 atom stereocenters. The normalized spacial score (nSPS) is 13.0. The summed E-state index contributed by atoms with van der Waals surface area (Å²) in [5, 5.41) is 0. The molecule has 0 N–H and O–H groups in total. The molecule has 0 unspecified atom stereocenters. The predicted molar refractivity (Wildman–Crippen MR) is 51.2 cm³/mol. The summed E-state index contributed by atoms with van der Waals surface area (Å²) in [6.45, 7) is 9.25. The molecule has 0 aliphatic rings. The van der Waals surface area contributed by atoms with Crippen LogP contribution >= 0.6 is 15.9 Å². The van der Waals surface area contributed by atoms with Gasteiger partial charge in [-0.1, -0.05) is 53.4 Å². The standard InChI is InChI=1S/C9H11Br/c1-4-7-8(5-2)9(10)6-3/h4-7H,2-3H2,1H3/b7-4+,9-8-. The zero-order valence-corrected chi connectivity index (χ0v) is 7.69. The van der Waals surface area contributed by atoms with Crippen molar-refractivity contribution in [3.8, 4) is 0 Å². The van der Waals surface area contributed by atoms with Crippen LogP contribution in [0.15, 0.2) is 47.5 Å². The average Bonchev–Trinajstić information content (AvgIpc) is 1.99. The van der Waals surface area contributed by atoms with Gasteiger partial charge in [-0.25, -0.2) is 0 Å². The highest BCUT2D eigenvalue weighted by molar-refractivity contribution is 9.11. The fourth-order valence-corrected chi connectivity index (χ4v) is 0.837. The fourth-order valence-electron chi connectivity index (χ4n) is 0.543. The maximum atomic E-state index is 3.66. The van der Waals surface area contributed by atoms with Crippen LogP contribution < -0.4 is 0 Å². The molecule has 0 aliphatic heterocycles. The minimum absolute atomic E-state index is 0.973. The summed E-state index contributed by atoms with van der Waals surface area (Å²) in [7, 11) is 0. The quantitative estimate of drug-likeness (QED) is 0.609. The number of halogens is 1. The first-order chi connectivity index (χ1) is 4.76. The fraction of sp³-hybridized carbons (Fsp3) is 0.111. The minimum Gasteiger partial charge on any atom is -0.0984 e. The van der Waals surface area contributed by atoms with E-state index in [4.69, 9.17) is 0 Å². The molecule has 0 rings (SSSR count). The van der Waals surface area contributed by atoms with Gasteiger partial charge in [0.15, 0.2) is 0 Å². The highest BCUT2D eigenvalue weighted by Gasteiger charge is 1.88. The minimum atomic E-state index is 0.973. The van der Waals surface area contributed by atoms with Gasteiger partial charge >= 0.3 is 0 Å². The van der Waals surface area contributed by atoms with Gasteiger partial charge in [0.2, 0.25) is 0 Å². The largest absolute Gasteiger partial charge is 0.0984 e. The molecule has 0 amide bonds. The summed E-state index contributed by atoms with van der Waals surface area (Å²) in [5.74, 6) is 0. The van der Waals surface area contributed by atoms with Crippen LogP contribution in [0.25, 0.3) is 0 Å². The zero-order chi connectivity index (χ0) is 7.98. The first kappa shape index (κ1) is 9.44. The molecule has 0 heterocycles. The molecule has 0 aromatic rings. The summed E-state index contributed by atoms with van der Waals surface area (Å²) in [6, 6.07) is 0. The molecule has 1 heteroatoms. The van der Waals surface area contributed by atoms with Crippen LogP contribution in [-0.2, 0) is 0 Å². The Bertz CT molecular complexity index is 185. The Morgan fingerprint density at radius 3 is 2.20 bits per heavy atom. The lowest BCUT2D eigenvalue weighted by Gasteiger charge is -1.93. The van der Waals surface area contributed by atoms with E-state index in [0.29, 0.717) is 0 Å². The Morgan fingerprint density at radius 2 is 1.90 bits per heavy atom. The number of allylic oxidation sites excluding steroid dienone is 6. The molecule has 54 valence electrons. The molecule has 0 fully saturated rings. The maximum Gasteiger partial charge on any atom is 0.0241 e. The number of rotatable bonds is 3. The highest BCUT2D eigenvalue weighted by atomic mass is 79.9. The Balaban J connectivity index is 4.61. The third-order valence-electron chi connectivity index (χ3n) is 1.02. The van der Waals surface area contributed by atoms with Crippen molar-refractivity contribution >= 4 is 15.9 Å². The van der Waals surface area contributed by atoms with Gasteiger partial charge in [0.05, 0.1) is 0 Å². The van der Waals surface area contributed by atoms with Crippen LogP contribution in [0.5, 0.6) is 0 Å². The van der Waals surface area contributed by atoms with Gasteiger partial charge in [-0.2, -0.15) is 0 Å². The first-order valence-corrected chi connectivity index (χ1v) is 3.83.